The molecule has 0 fully saturated rings. The molecular formula is C8H9Cl4F3O5S. The van der Waals surface area contributed by atoms with E-state index < -0.39 is 32.3 Å². The number of hydrogen-bond acceptors (Lipinski definition) is 5. The zero-order chi connectivity index (χ0) is 17.5. The van der Waals surface area contributed by atoms with Crippen molar-refractivity contribution in [2.75, 3.05) is 17.6 Å². The van der Waals surface area contributed by atoms with E-state index in [9.17, 15) is 31.2 Å². The van der Waals surface area contributed by atoms with Gasteiger partial charge in [0.05, 0.1) is 5.41 Å². The summed E-state index contributed by atoms with van der Waals surface area (Å²) in [6.07, 6.45) is 0. The molecule has 0 rings (SSSR count). The minimum absolute atomic E-state index is 0.0579. The van der Waals surface area contributed by atoms with Crippen LogP contribution in [-0.2, 0) is 23.9 Å². The molecule has 21 heavy (non-hydrogen) atoms. The fraction of sp³-hybridized carbons (Fsp3) is 0.750. The van der Waals surface area contributed by atoms with Crippen LogP contribution in [-0.4, -0.2) is 42.8 Å². The minimum Gasteiger partial charge on any atom is -0.340 e. The van der Waals surface area contributed by atoms with Crippen LogP contribution in [0, 0.1) is 5.41 Å². The van der Waals surface area contributed by atoms with Crippen molar-refractivity contribution in [2.45, 2.75) is 12.4 Å². The van der Waals surface area contributed by atoms with Crippen LogP contribution < -0.4 is 0 Å². The van der Waals surface area contributed by atoms with Crippen LogP contribution in [0.15, 0.2) is 0 Å². The van der Waals surface area contributed by atoms with Crippen molar-refractivity contribution in [3.05, 3.63) is 0 Å². The van der Waals surface area contributed by atoms with Crippen molar-refractivity contribution in [3.63, 3.8) is 0 Å². The summed E-state index contributed by atoms with van der Waals surface area (Å²) in [4.78, 5) is 20.5. The van der Waals surface area contributed by atoms with Crippen LogP contribution in [0.1, 0.15) is 6.92 Å². The maximum atomic E-state index is 11.3. The summed E-state index contributed by atoms with van der Waals surface area (Å²) in [6.45, 7) is 0.559. The van der Waals surface area contributed by atoms with Gasteiger partial charge in [-0.15, -0.1) is 34.8 Å². The molecule has 0 saturated carbocycles. The van der Waals surface area contributed by atoms with Crippen molar-refractivity contribution < 1.29 is 35.4 Å². The van der Waals surface area contributed by atoms with Crippen molar-refractivity contribution in [1.82, 2.24) is 0 Å². The normalized spacial score (nSPS) is 12.2. The Bertz CT molecular complexity index is 453. The van der Waals surface area contributed by atoms with Gasteiger partial charge in [-0.2, -0.15) is 21.6 Å². The second kappa shape index (κ2) is 9.24. The summed E-state index contributed by atoms with van der Waals surface area (Å²) in [5.74, 6) is -1.35. The molecule has 0 aliphatic rings. The minimum atomic E-state index is -5.75. The van der Waals surface area contributed by atoms with E-state index in [1.165, 1.54) is 0 Å². The van der Waals surface area contributed by atoms with Gasteiger partial charge in [-0.25, -0.2) is 0 Å². The van der Waals surface area contributed by atoms with E-state index in [1.807, 2.05) is 0 Å². The Hall–Kier alpha value is 0.0400. The lowest BCUT2D eigenvalue weighted by atomic mass is 9.98. The molecule has 0 aromatic carbocycles. The highest BCUT2D eigenvalue weighted by Crippen LogP contribution is 2.26. The zero-order valence-corrected chi connectivity index (χ0v) is 14.1. The molecule has 0 unspecified atom stereocenters. The molecule has 0 atom stereocenters. The highest BCUT2D eigenvalue weighted by molar-refractivity contribution is 7.88. The second-order valence-electron chi connectivity index (χ2n) is 3.43. The Labute approximate surface area is 138 Å². The topological polar surface area (TPSA) is 77.5 Å². The Morgan fingerprint density at radius 3 is 1.43 bits per heavy atom. The smallest absolute Gasteiger partial charge is 0.340 e. The Morgan fingerprint density at radius 2 is 1.38 bits per heavy atom. The Morgan fingerprint density at radius 1 is 1.05 bits per heavy atom. The van der Waals surface area contributed by atoms with E-state index in [0.29, 0.717) is 6.92 Å². The number of halogens is 7. The maximum absolute atomic E-state index is 11.3. The molecule has 0 aliphatic heterocycles. The molecule has 0 bridgehead atoms. The SMILES string of the molecule is CC(=O)OS(=O)(=O)C(F)(F)F.O=C(Cl)C(CCl)(CCl)CCl. The second-order valence-corrected chi connectivity index (χ2v) is 6.11. The van der Waals surface area contributed by atoms with E-state index >= 15 is 0 Å². The highest BCUT2D eigenvalue weighted by atomic mass is 35.5. The molecule has 0 aromatic rings. The van der Waals surface area contributed by atoms with Crippen molar-refractivity contribution >= 4 is 67.7 Å². The predicted molar refractivity (Wildman–Crippen MR) is 72.2 cm³/mol. The van der Waals surface area contributed by atoms with Crippen molar-refractivity contribution in [2.24, 2.45) is 5.41 Å². The first-order valence-electron chi connectivity index (χ1n) is 4.68. The predicted octanol–water partition coefficient (Wildman–Crippen LogP) is 2.85. The maximum Gasteiger partial charge on any atom is 0.534 e. The first kappa shape index (κ1) is 23.3. The fourth-order valence-corrected chi connectivity index (χ4v) is 2.50. The van der Waals surface area contributed by atoms with E-state index in [4.69, 9.17) is 46.4 Å². The van der Waals surface area contributed by atoms with Crippen LogP contribution in [0.4, 0.5) is 13.2 Å². The van der Waals surface area contributed by atoms with Crippen LogP contribution in [0.25, 0.3) is 0 Å². The summed E-state index contributed by atoms with van der Waals surface area (Å²) >= 11 is 21.5. The van der Waals surface area contributed by atoms with Crippen LogP contribution in [0.2, 0.25) is 0 Å². The number of carbonyl (C=O) groups excluding carboxylic acids is 2. The molecule has 0 amide bonds. The highest BCUT2D eigenvalue weighted by Gasteiger charge is 2.49. The number of carbonyl (C=O) groups is 2. The molecule has 0 spiro atoms. The summed E-state index contributed by atoms with van der Waals surface area (Å²) in [7, 11) is -5.75. The van der Waals surface area contributed by atoms with Crippen molar-refractivity contribution in [3.8, 4) is 0 Å². The van der Waals surface area contributed by atoms with E-state index in [-0.39, 0.29) is 17.6 Å². The lowest BCUT2D eigenvalue weighted by Crippen LogP contribution is -2.33. The van der Waals surface area contributed by atoms with E-state index in [1.54, 1.807) is 0 Å². The molecule has 13 heteroatoms. The van der Waals surface area contributed by atoms with Gasteiger partial charge in [0.2, 0.25) is 5.24 Å². The molecule has 0 aliphatic carbocycles. The number of hydrogen-bond donors (Lipinski definition) is 0. The van der Waals surface area contributed by atoms with Gasteiger partial charge in [-0.3, -0.25) is 9.59 Å². The van der Waals surface area contributed by atoms with Gasteiger partial charge in [0.15, 0.2) is 0 Å². The molecule has 126 valence electrons. The average Bonchev–Trinajstić information content (AvgIpc) is 2.29. The number of rotatable bonds is 5. The summed E-state index contributed by atoms with van der Waals surface area (Å²) in [5.41, 5.74) is -6.50. The third-order valence-corrected chi connectivity index (χ3v) is 4.65. The lowest BCUT2D eigenvalue weighted by molar-refractivity contribution is -0.133. The van der Waals surface area contributed by atoms with Crippen molar-refractivity contribution in [1.29, 1.82) is 0 Å². The molecule has 0 N–H and O–H groups in total. The van der Waals surface area contributed by atoms with Gasteiger partial charge >= 0.3 is 21.6 Å². The summed E-state index contributed by atoms with van der Waals surface area (Å²) in [6, 6.07) is 0. The monoisotopic (exact) mass is 414 g/mol. The molecule has 5 nitrogen and oxygen atoms in total. The van der Waals surface area contributed by atoms with Gasteiger partial charge in [0, 0.05) is 24.6 Å². The van der Waals surface area contributed by atoms with E-state index in [2.05, 4.69) is 4.18 Å². The summed E-state index contributed by atoms with van der Waals surface area (Å²) < 4.78 is 56.8. The van der Waals surface area contributed by atoms with Gasteiger partial charge in [0.1, 0.15) is 0 Å². The third-order valence-electron chi connectivity index (χ3n) is 1.69. The molecular weight excluding hydrogens is 407 g/mol. The number of alkyl halides is 6. The van der Waals surface area contributed by atoms with Gasteiger partial charge in [0.25, 0.3) is 0 Å². The Kier molecular flexibility index (Phi) is 10.3. The lowest BCUT2D eigenvalue weighted by Gasteiger charge is -2.20. The van der Waals surface area contributed by atoms with Crippen LogP contribution in [0.5, 0.6) is 0 Å². The zero-order valence-electron chi connectivity index (χ0n) is 10.2. The summed E-state index contributed by atoms with van der Waals surface area (Å²) in [5, 5.41) is -0.576. The standard InChI is InChI=1S/C5H6Cl4O.C3H3F3O4S/c6-1-5(2-7,3-8)4(9)10;1-2(7)10-11(8,9)3(4,5)6/h1-3H2;1H3. The molecule has 0 saturated heterocycles. The Balaban J connectivity index is 0. The first-order valence-corrected chi connectivity index (χ1v) is 8.07. The van der Waals surface area contributed by atoms with Crippen LogP contribution in [0.3, 0.4) is 0 Å². The first-order chi connectivity index (χ1) is 9.29. The molecule has 0 radical (unpaired) electrons. The molecule has 0 heterocycles. The molecule has 0 aromatic heterocycles. The van der Waals surface area contributed by atoms with Crippen LogP contribution >= 0.6 is 46.4 Å². The van der Waals surface area contributed by atoms with Gasteiger partial charge in [-0.05, 0) is 11.6 Å². The van der Waals surface area contributed by atoms with Gasteiger partial charge in [-0.1, -0.05) is 0 Å². The van der Waals surface area contributed by atoms with E-state index in [0.717, 1.165) is 0 Å². The third kappa shape index (κ3) is 7.73. The largest absolute Gasteiger partial charge is 0.534 e. The van der Waals surface area contributed by atoms with Gasteiger partial charge < -0.3 is 4.18 Å². The fourth-order valence-electron chi connectivity index (χ4n) is 0.466. The quantitative estimate of drug-likeness (QED) is 0.298. The average molecular weight is 416 g/mol.